The van der Waals surface area contributed by atoms with E-state index < -0.39 is 23.5 Å². The third-order valence-electron chi connectivity index (χ3n) is 5.74. The molecule has 3 amide bonds. The molecule has 212 valence electrons. The highest BCUT2D eigenvalue weighted by Gasteiger charge is 2.39. The second kappa shape index (κ2) is 14.7. The summed E-state index contributed by atoms with van der Waals surface area (Å²) in [7, 11) is 0. The highest BCUT2D eigenvalue weighted by Crippen LogP contribution is 2.29. The van der Waals surface area contributed by atoms with Gasteiger partial charge in [-0.25, -0.2) is 4.79 Å². The molecule has 3 rings (SSSR count). The Hall–Kier alpha value is -3.30. The lowest BCUT2D eigenvalue weighted by Gasteiger charge is -2.29. The topological polar surface area (TPSA) is 130 Å². The Morgan fingerprint density at radius 1 is 1.00 bits per heavy atom. The lowest BCUT2D eigenvalue weighted by Crippen LogP contribution is -2.52. The van der Waals surface area contributed by atoms with Gasteiger partial charge in [-0.15, -0.1) is 0 Å². The zero-order valence-corrected chi connectivity index (χ0v) is 22.7. The van der Waals surface area contributed by atoms with E-state index in [1.165, 1.54) is 4.90 Å². The van der Waals surface area contributed by atoms with Crippen molar-refractivity contribution in [3.8, 4) is 11.8 Å². The number of hydrogen-bond donors (Lipinski definition) is 1. The van der Waals surface area contributed by atoms with E-state index in [0.29, 0.717) is 50.6 Å². The van der Waals surface area contributed by atoms with Crippen LogP contribution in [0.4, 0.5) is 0 Å². The van der Waals surface area contributed by atoms with E-state index >= 15 is 0 Å². The van der Waals surface area contributed by atoms with Gasteiger partial charge in [-0.2, -0.15) is 0 Å². The Morgan fingerprint density at radius 2 is 1.67 bits per heavy atom. The number of carbonyl (C=O) groups excluding carboxylic acids is 4. The molecule has 2 aliphatic rings. The molecule has 0 saturated carbocycles. The number of nitrogens with one attached hydrogen (secondary N) is 1. The quantitative estimate of drug-likeness (QED) is 0.169. The molecule has 1 aromatic rings. The number of carbonyl (C=O) groups is 4. The zero-order valence-electron chi connectivity index (χ0n) is 22.7. The summed E-state index contributed by atoms with van der Waals surface area (Å²) in [6.07, 6.45) is 0.529. The summed E-state index contributed by atoms with van der Waals surface area (Å²) in [6.45, 7) is 7.93. The minimum atomic E-state index is -0.658. The van der Waals surface area contributed by atoms with Crippen molar-refractivity contribution in [3.63, 3.8) is 0 Å². The molecule has 0 aliphatic carbocycles. The van der Waals surface area contributed by atoms with E-state index in [0.717, 1.165) is 5.56 Å². The highest BCUT2D eigenvalue weighted by atomic mass is 16.6. The van der Waals surface area contributed by atoms with Crippen LogP contribution in [0.1, 0.15) is 55.1 Å². The number of imide groups is 1. The molecule has 11 nitrogen and oxygen atoms in total. The number of rotatable bonds is 13. The van der Waals surface area contributed by atoms with E-state index in [1.807, 2.05) is 6.07 Å². The van der Waals surface area contributed by atoms with Gasteiger partial charge in [0.05, 0.1) is 39.6 Å². The summed E-state index contributed by atoms with van der Waals surface area (Å²) in [5.41, 5.74) is 1.48. The van der Waals surface area contributed by atoms with Crippen molar-refractivity contribution in [1.82, 2.24) is 10.2 Å². The van der Waals surface area contributed by atoms with Crippen LogP contribution in [0.3, 0.4) is 0 Å². The first-order chi connectivity index (χ1) is 18.7. The second-order valence-corrected chi connectivity index (χ2v) is 9.95. The molecule has 1 N–H and O–H groups in total. The van der Waals surface area contributed by atoms with Gasteiger partial charge in [0.25, 0.3) is 5.91 Å². The van der Waals surface area contributed by atoms with Crippen molar-refractivity contribution in [2.45, 2.75) is 51.8 Å². The van der Waals surface area contributed by atoms with Crippen LogP contribution in [0, 0.1) is 11.8 Å². The molecular formula is C28H36N2O9. The molecular weight excluding hydrogens is 508 g/mol. The molecule has 1 fully saturated rings. The average molecular weight is 545 g/mol. The summed E-state index contributed by atoms with van der Waals surface area (Å²) < 4.78 is 26.7. The minimum Gasteiger partial charge on any atom is -0.458 e. The van der Waals surface area contributed by atoms with Crippen molar-refractivity contribution in [3.05, 3.63) is 34.9 Å². The molecule has 1 unspecified atom stereocenters. The van der Waals surface area contributed by atoms with Gasteiger partial charge >= 0.3 is 5.97 Å². The summed E-state index contributed by atoms with van der Waals surface area (Å²) in [5, 5.41) is 2.30. The highest BCUT2D eigenvalue weighted by molar-refractivity contribution is 6.05. The number of nitrogens with zero attached hydrogens (tertiary/aromatic N) is 1. The van der Waals surface area contributed by atoms with E-state index in [4.69, 9.17) is 23.7 Å². The fourth-order valence-electron chi connectivity index (χ4n) is 4.04. The molecule has 0 radical (unpaired) electrons. The van der Waals surface area contributed by atoms with Gasteiger partial charge in [0.1, 0.15) is 24.9 Å². The molecule has 11 heteroatoms. The maximum atomic E-state index is 12.9. The van der Waals surface area contributed by atoms with Crippen LogP contribution >= 0.6 is 0 Å². The predicted molar refractivity (Wildman–Crippen MR) is 138 cm³/mol. The summed E-state index contributed by atoms with van der Waals surface area (Å²) in [4.78, 5) is 49.6. The van der Waals surface area contributed by atoms with Crippen LogP contribution in [0.2, 0.25) is 0 Å². The number of hydrogen-bond acceptors (Lipinski definition) is 9. The fourth-order valence-corrected chi connectivity index (χ4v) is 4.04. The first-order valence-electron chi connectivity index (χ1n) is 12.9. The Bertz CT molecular complexity index is 1100. The third-order valence-corrected chi connectivity index (χ3v) is 5.74. The molecule has 0 spiro atoms. The molecule has 0 aromatic heterocycles. The van der Waals surface area contributed by atoms with Crippen molar-refractivity contribution in [2.75, 3.05) is 52.9 Å². The number of esters is 1. The SMILES string of the molecule is CC(C)(C)OC(=O)COCCOCCOCCOCC#Cc1cccc2c1CN(C1CCC(=O)NC1=O)C2=O. The molecule has 1 atom stereocenters. The van der Waals surface area contributed by atoms with Crippen molar-refractivity contribution in [2.24, 2.45) is 0 Å². The molecule has 1 aromatic carbocycles. The number of piperidine rings is 1. The largest absolute Gasteiger partial charge is 0.458 e. The van der Waals surface area contributed by atoms with Crippen molar-refractivity contribution >= 4 is 23.7 Å². The van der Waals surface area contributed by atoms with Gasteiger partial charge in [-0.3, -0.25) is 19.7 Å². The van der Waals surface area contributed by atoms with Crippen LogP contribution in [-0.2, 0) is 44.6 Å². The van der Waals surface area contributed by atoms with Gasteiger partial charge in [0.2, 0.25) is 11.8 Å². The molecule has 1 saturated heterocycles. The van der Waals surface area contributed by atoms with Crippen LogP contribution in [-0.4, -0.2) is 93.1 Å². The maximum absolute atomic E-state index is 12.9. The minimum absolute atomic E-state index is 0.108. The lowest BCUT2D eigenvalue weighted by atomic mass is 10.0. The van der Waals surface area contributed by atoms with E-state index in [1.54, 1.807) is 32.9 Å². The Labute approximate surface area is 228 Å². The lowest BCUT2D eigenvalue weighted by molar-refractivity contribution is -0.160. The van der Waals surface area contributed by atoms with Gasteiger partial charge in [-0.05, 0) is 44.9 Å². The molecule has 2 heterocycles. The normalized spacial score (nSPS) is 16.9. The summed E-state index contributed by atoms with van der Waals surface area (Å²) >= 11 is 0. The van der Waals surface area contributed by atoms with Crippen LogP contribution < -0.4 is 5.32 Å². The number of amides is 3. The second-order valence-electron chi connectivity index (χ2n) is 9.95. The first-order valence-corrected chi connectivity index (χ1v) is 12.9. The molecule has 0 bridgehead atoms. The van der Waals surface area contributed by atoms with Crippen LogP contribution in [0.25, 0.3) is 0 Å². The van der Waals surface area contributed by atoms with Crippen molar-refractivity contribution < 1.29 is 42.9 Å². The first kappa shape index (κ1) is 30.2. The maximum Gasteiger partial charge on any atom is 0.332 e. The summed E-state index contributed by atoms with van der Waals surface area (Å²) in [5.74, 6) is 4.61. The third kappa shape index (κ3) is 9.75. The van der Waals surface area contributed by atoms with Crippen molar-refractivity contribution in [1.29, 1.82) is 0 Å². The summed E-state index contributed by atoms with van der Waals surface area (Å²) in [6, 6.07) is 4.66. The molecule has 39 heavy (non-hydrogen) atoms. The van der Waals surface area contributed by atoms with Crippen LogP contribution in [0.5, 0.6) is 0 Å². The predicted octanol–water partition coefficient (Wildman–Crippen LogP) is 1.21. The van der Waals surface area contributed by atoms with Gasteiger partial charge in [-0.1, -0.05) is 17.9 Å². The van der Waals surface area contributed by atoms with Gasteiger partial charge < -0.3 is 28.6 Å². The smallest absolute Gasteiger partial charge is 0.332 e. The van der Waals surface area contributed by atoms with Gasteiger partial charge in [0, 0.05) is 24.1 Å². The molecule has 2 aliphatic heterocycles. The Kier molecular flexibility index (Phi) is 11.4. The fraction of sp³-hybridized carbons (Fsp3) is 0.571. The van der Waals surface area contributed by atoms with Crippen LogP contribution in [0.15, 0.2) is 18.2 Å². The van der Waals surface area contributed by atoms with E-state index in [2.05, 4.69) is 17.2 Å². The Balaban J connectivity index is 1.26. The number of benzene rings is 1. The number of fused-ring (bicyclic) bond motifs is 1. The van der Waals surface area contributed by atoms with Gasteiger partial charge in [0.15, 0.2) is 0 Å². The van der Waals surface area contributed by atoms with E-state index in [9.17, 15) is 19.2 Å². The standard InChI is InChI=1S/C28H36N2O9/c1-28(2,3)39-25(32)19-38-17-16-37-15-14-36-13-12-35-11-5-7-20-6-4-8-21-22(20)18-30(27(21)34)23-9-10-24(31)29-26(23)33/h4,6,8,23H,9-19H2,1-3H3,(H,29,31,33). The number of ether oxygens (including phenoxy) is 5. The Morgan fingerprint density at radius 3 is 2.33 bits per heavy atom. The monoisotopic (exact) mass is 544 g/mol. The average Bonchev–Trinajstić information content (AvgIpc) is 3.20. The zero-order chi connectivity index (χ0) is 28.3. The van der Waals surface area contributed by atoms with E-state index in [-0.39, 0.29) is 44.6 Å².